The van der Waals surface area contributed by atoms with E-state index in [1.165, 1.54) is 41.5 Å². The van der Waals surface area contributed by atoms with Gasteiger partial charge in [-0.05, 0) is 64.4 Å². The van der Waals surface area contributed by atoms with Crippen LogP contribution in [0.25, 0.3) is 10.2 Å². The molecule has 7 heteroatoms. The van der Waals surface area contributed by atoms with E-state index in [2.05, 4.69) is 17.3 Å². The Morgan fingerprint density at radius 3 is 2.75 bits per heavy atom. The molecule has 2 aliphatic rings. The molecule has 1 fully saturated rings. The molecule has 0 bridgehead atoms. The number of aromatic nitrogens is 2. The van der Waals surface area contributed by atoms with Crippen molar-refractivity contribution in [2.75, 3.05) is 18.5 Å². The van der Waals surface area contributed by atoms with Crippen molar-refractivity contribution >= 4 is 33.3 Å². The maximum absolute atomic E-state index is 12.4. The van der Waals surface area contributed by atoms with E-state index in [1.54, 1.807) is 25.2 Å². The highest BCUT2D eigenvalue weighted by Crippen LogP contribution is 2.41. The number of hydrogen-bond donors (Lipinski definition) is 2. The number of hydrogen-bond acceptors (Lipinski definition) is 6. The first kappa shape index (κ1) is 19.6. The third-order valence-electron chi connectivity index (χ3n) is 5.65. The fraction of sp³-hybridized carbons (Fsp3) is 0.667. The van der Waals surface area contributed by atoms with E-state index < -0.39 is 5.60 Å². The van der Waals surface area contributed by atoms with E-state index in [-0.39, 0.29) is 12.3 Å². The maximum Gasteiger partial charge on any atom is 0.227 e. The van der Waals surface area contributed by atoms with Crippen LogP contribution in [0.1, 0.15) is 62.2 Å². The van der Waals surface area contributed by atoms with Crippen LogP contribution in [-0.4, -0.2) is 46.2 Å². The molecule has 2 aromatic rings. The van der Waals surface area contributed by atoms with E-state index >= 15 is 0 Å². The number of amides is 1. The SMILES string of the molecule is CN(c1nc(CC(=O)NCCC(C)(C)O)nc2sc3c(c12)CCCC3)C1CC1. The van der Waals surface area contributed by atoms with Gasteiger partial charge in [-0.15, -0.1) is 11.3 Å². The lowest BCUT2D eigenvalue weighted by molar-refractivity contribution is -0.120. The van der Waals surface area contributed by atoms with Crippen molar-refractivity contribution in [2.45, 2.75) is 76.9 Å². The van der Waals surface area contributed by atoms with Crippen LogP contribution < -0.4 is 10.2 Å². The summed E-state index contributed by atoms with van der Waals surface area (Å²) in [6, 6.07) is 0.561. The van der Waals surface area contributed by atoms with Crippen molar-refractivity contribution in [3.05, 3.63) is 16.3 Å². The zero-order chi connectivity index (χ0) is 19.9. The van der Waals surface area contributed by atoms with Crippen molar-refractivity contribution in [2.24, 2.45) is 0 Å². The molecule has 1 amide bonds. The average Bonchev–Trinajstić information content (AvgIpc) is 3.40. The number of carbonyl (C=O) groups is 1. The summed E-state index contributed by atoms with van der Waals surface area (Å²) < 4.78 is 0. The van der Waals surface area contributed by atoms with Crippen molar-refractivity contribution in [3.8, 4) is 0 Å². The van der Waals surface area contributed by atoms with Gasteiger partial charge in [-0.3, -0.25) is 4.79 Å². The molecule has 4 rings (SSSR count). The standard InChI is InChI=1S/C21H30N4O2S/c1-21(2,27)10-11-22-17(26)12-16-23-19(25(3)13-8-9-13)18-14-6-4-5-7-15(14)28-20(18)24-16/h13,27H,4-12H2,1-3H3,(H,22,26). The number of nitrogens with zero attached hydrogens (tertiary/aromatic N) is 3. The van der Waals surface area contributed by atoms with Crippen molar-refractivity contribution < 1.29 is 9.90 Å². The van der Waals surface area contributed by atoms with Gasteiger partial charge >= 0.3 is 0 Å². The quantitative estimate of drug-likeness (QED) is 0.744. The summed E-state index contributed by atoms with van der Waals surface area (Å²) in [6.07, 6.45) is 7.84. The summed E-state index contributed by atoms with van der Waals surface area (Å²) in [5, 5.41) is 13.9. The minimum atomic E-state index is -0.779. The summed E-state index contributed by atoms with van der Waals surface area (Å²) in [5.74, 6) is 1.51. The molecule has 0 aromatic carbocycles. The van der Waals surface area contributed by atoms with Gasteiger partial charge in [-0.1, -0.05) is 0 Å². The second-order valence-electron chi connectivity index (χ2n) is 8.79. The monoisotopic (exact) mass is 402 g/mol. The Morgan fingerprint density at radius 1 is 1.29 bits per heavy atom. The van der Waals surface area contributed by atoms with Crippen molar-refractivity contribution in [3.63, 3.8) is 0 Å². The van der Waals surface area contributed by atoms with Crippen LogP contribution in [0.5, 0.6) is 0 Å². The minimum Gasteiger partial charge on any atom is -0.390 e. The smallest absolute Gasteiger partial charge is 0.227 e. The Morgan fingerprint density at radius 2 is 2.04 bits per heavy atom. The number of aliphatic hydroxyl groups is 1. The zero-order valence-corrected chi connectivity index (χ0v) is 17.9. The van der Waals surface area contributed by atoms with Gasteiger partial charge in [0.15, 0.2) is 0 Å². The molecule has 2 N–H and O–H groups in total. The molecular weight excluding hydrogens is 372 g/mol. The van der Waals surface area contributed by atoms with Crippen LogP contribution in [0.3, 0.4) is 0 Å². The highest BCUT2D eigenvalue weighted by Gasteiger charge is 2.31. The first-order valence-corrected chi connectivity index (χ1v) is 11.2. The third kappa shape index (κ3) is 4.30. The van der Waals surface area contributed by atoms with Crippen LogP contribution >= 0.6 is 11.3 Å². The number of fused-ring (bicyclic) bond motifs is 3. The molecule has 0 radical (unpaired) electrons. The van der Waals surface area contributed by atoms with E-state index in [4.69, 9.17) is 9.97 Å². The summed E-state index contributed by atoms with van der Waals surface area (Å²) in [4.78, 5) is 26.8. The molecule has 2 aromatic heterocycles. The van der Waals surface area contributed by atoms with Crippen LogP contribution in [0.4, 0.5) is 5.82 Å². The lowest BCUT2D eigenvalue weighted by atomic mass is 9.97. The Hall–Kier alpha value is -1.73. The van der Waals surface area contributed by atoms with Gasteiger partial charge in [0, 0.05) is 24.5 Å². The van der Waals surface area contributed by atoms with Crippen LogP contribution in [0.2, 0.25) is 0 Å². The zero-order valence-electron chi connectivity index (χ0n) is 17.0. The molecule has 2 heterocycles. The van der Waals surface area contributed by atoms with E-state index in [9.17, 15) is 9.90 Å². The van der Waals surface area contributed by atoms with Gasteiger partial charge in [0.1, 0.15) is 16.5 Å². The highest BCUT2D eigenvalue weighted by molar-refractivity contribution is 7.19. The van der Waals surface area contributed by atoms with Crippen LogP contribution in [0.15, 0.2) is 0 Å². The van der Waals surface area contributed by atoms with Gasteiger partial charge in [0.25, 0.3) is 0 Å². The maximum atomic E-state index is 12.4. The van der Waals surface area contributed by atoms with Crippen LogP contribution in [0, 0.1) is 0 Å². The van der Waals surface area contributed by atoms with Gasteiger partial charge in [-0.2, -0.15) is 0 Å². The summed E-state index contributed by atoms with van der Waals surface area (Å²) in [6.45, 7) is 3.94. The lowest BCUT2D eigenvalue weighted by Crippen LogP contribution is -2.32. The van der Waals surface area contributed by atoms with E-state index in [1.807, 2.05) is 0 Å². The molecular formula is C21H30N4O2S. The number of anilines is 1. The number of aryl methyl sites for hydroxylation is 2. The van der Waals surface area contributed by atoms with Crippen molar-refractivity contribution in [1.29, 1.82) is 0 Å². The first-order chi connectivity index (χ1) is 13.3. The topological polar surface area (TPSA) is 78.4 Å². The molecule has 0 unspecified atom stereocenters. The number of rotatable bonds is 7. The molecule has 152 valence electrons. The largest absolute Gasteiger partial charge is 0.390 e. The second kappa shape index (κ2) is 7.59. The predicted octanol–water partition coefficient (Wildman–Crippen LogP) is 2.99. The number of carbonyl (C=O) groups excluding carboxylic acids is 1. The van der Waals surface area contributed by atoms with Gasteiger partial charge in [0.05, 0.1) is 17.4 Å². The minimum absolute atomic E-state index is 0.0926. The Labute approximate surface area is 170 Å². The molecule has 6 nitrogen and oxygen atoms in total. The number of nitrogens with one attached hydrogen (secondary N) is 1. The summed E-state index contributed by atoms with van der Waals surface area (Å²) >= 11 is 1.78. The Balaban J connectivity index is 1.59. The second-order valence-corrected chi connectivity index (χ2v) is 9.87. The van der Waals surface area contributed by atoms with E-state index in [0.29, 0.717) is 24.8 Å². The van der Waals surface area contributed by atoms with Crippen LogP contribution in [-0.2, 0) is 24.1 Å². The number of thiophene rings is 1. The molecule has 1 saturated carbocycles. The third-order valence-corrected chi connectivity index (χ3v) is 6.83. The summed E-state index contributed by atoms with van der Waals surface area (Å²) in [7, 11) is 2.12. The average molecular weight is 403 g/mol. The Kier molecular flexibility index (Phi) is 5.31. The molecule has 0 saturated heterocycles. The highest BCUT2D eigenvalue weighted by atomic mass is 32.1. The summed E-state index contributed by atoms with van der Waals surface area (Å²) in [5.41, 5.74) is 0.661. The van der Waals surface area contributed by atoms with Gasteiger partial charge in [0.2, 0.25) is 5.91 Å². The molecule has 0 spiro atoms. The lowest BCUT2D eigenvalue weighted by Gasteiger charge is -2.21. The van der Waals surface area contributed by atoms with Crippen molar-refractivity contribution in [1.82, 2.24) is 15.3 Å². The normalized spacial score (nSPS) is 16.9. The fourth-order valence-corrected chi connectivity index (χ4v) is 5.14. The van der Waals surface area contributed by atoms with E-state index in [0.717, 1.165) is 23.5 Å². The fourth-order valence-electron chi connectivity index (χ4n) is 3.86. The first-order valence-electron chi connectivity index (χ1n) is 10.3. The molecule has 2 aliphatic carbocycles. The Bertz CT molecular complexity index is 883. The van der Waals surface area contributed by atoms with Gasteiger partial charge in [-0.25, -0.2) is 9.97 Å². The molecule has 28 heavy (non-hydrogen) atoms. The van der Waals surface area contributed by atoms with Gasteiger partial charge < -0.3 is 15.3 Å². The predicted molar refractivity (Wildman–Crippen MR) is 113 cm³/mol. The molecule has 0 aliphatic heterocycles. The molecule has 0 atom stereocenters.